The SMILES string of the molecule is CCC(C)C(O)CCC(C)CO.[H-].[K+]. The molecule has 0 aliphatic heterocycles. The summed E-state index contributed by atoms with van der Waals surface area (Å²) < 4.78 is 0. The zero-order valence-electron chi connectivity index (χ0n) is 10.5. The van der Waals surface area contributed by atoms with E-state index in [4.69, 9.17) is 5.11 Å². The minimum atomic E-state index is -0.191. The van der Waals surface area contributed by atoms with E-state index in [-0.39, 0.29) is 65.5 Å². The summed E-state index contributed by atoms with van der Waals surface area (Å²) in [6.07, 6.45) is 2.57. The summed E-state index contributed by atoms with van der Waals surface area (Å²) in [6, 6.07) is 0. The van der Waals surface area contributed by atoms with E-state index in [0.29, 0.717) is 11.8 Å². The molecule has 3 atom stereocenters. The number of hydrogen-bond acceptors (Lipinski definition) is 2. The van der Waals surface area contributed by atoms with Gasteiger partial charge in [0.2, 0.25) is 0 Å². The predicted molar refractivity (Wildman–Crippen MR) is 52.1 cm³/mol. The third kappa shape index (κ3) is 8.54. The van der Waals surface area contributed by atoms with Gasteiger partial charge in [0.25, 0.3) is 0 Å². The first-order valence-electron chi connectivity index (χ1n) is 4.90. The summed E-state index contributed by atoms with van der Waals surface area (Å²) in [4.78, 5) is 0. The van der Waals surface area contributed by atoms with Crippen molar-refractivity contribution in [1.82, 2.24) is 0 Å². The van der Waals surface area contributed by atoms with Gasteiger partial charge >= 0.3 is 51.4 Å². The van der Waals surface area contributed by atoms with Crippen LogP contribution in [-0.2, 0) is 0 Å². The number of aliphatic hydroxyl groups is 2. The van der Waals surface area contributed by atoms with Crippen molar-refractivity contribution in [3.05, 3.63) is 0 Å². The van der Waals surface area contributed by atoms with Gasteiger partial charge in [0.05, 0.1) is 6.10 Å². The van der Waals surface area contributed by atoms with Gasteiger partial charge in [0.15, 0.2) is 0 Å². The molecule has 0 saturated heterocycles. The first-order valence-corrected chi connectivity index (χ1v) is 4.90. The Hall–Kier alpha value is 1.56. The Bertz CT molecular complexity index is 114. The summed E-state index contributed by atoms with van der Waals surface area (Å²) >= 11 is 0. The van der Waals surface area contributed by atoms with E-state index in [2.05, 4.69) is 13.8 Å². The van der Waals surface area contributed by atoms with Gasteiger partial charge in [-0.15, -0.1) is 0 Å². The summed E-state index contributed by atoms with van der Waals surface area (Å²) in [6.45, 7) is 6.38. The van der Waals surface area contributed by atoms with Gasteiger partial charge in [-0.25, -0.2) is 0 Å². The number of aliphatic hydroxyl groups excluding tert-OH is 2. The van der Waals surface area contributed by atoms with E-state index in [9.17, 15) is 5.11 Å². The maximum absolute atomic E-state index is 9.58. The molecule has 2 N–H and O–H groups in total. The molecule has 0 aromatic rings. The van der Waals surface area contributed by atoms with Crippen molar-refractivity contribution in [3.63, 3.8) is 0 Å². The zero-order valence-corrected chi connectivity index (χ0v) is 12.6. The van der Waals surface area contributed by atoms with Crippen LogP contribution >= 0.6 is 0 Å². The second-order valence-electron chi connectivity index (χ2n) is 3.82. The monoisotopic (exact) mass is 214 g/mol. The molecular formula is C10H23KO2. The molecule has 0 radical (unpaired) electrons. The van der Waals surface area contributed by atoms with Crippen LogP contribution in [0.2, 0.25) is 0 Å². The van der Waals surface area contributed by atoms with Crippen LogP contribution in [0.5, 0.6) is 0 Å². The average Bonchev–Trinajstić information content (AvgIpc) is 2.11. The molecule has 0 aliphatic carbocycles. The Kier molecular flexibility index (Phi) is 13.2. The first kappa shape index (κ1) is 17.0. The zero-order chi connectivity index (χ0) is 9.56. The third-order valence-corrected chi connectivity index (χ3v) is 2.57. The quantitative estimate of drug-likeness (QED) is 0.552. The molecule has 76 valence electrons. The van der Waals surface area contributed by atoms with Crippen molar-refractivity contribution in [3.8, 4) is 0 Å². The number of hydrogen-bond donors (Lipinski definition) is 2. The van der Waals surface area contributed by atoms with Crippen LogP contribution in [0.15, 0.2) is 0 Å². The van der Waals surface area contributed by atoms with Gasteiger partial charge in [-0.3, -0.25) is 0 Å². The molecule has 0 spiro atoms. The van der Waals surface area contributed by atoms with Crippen LogP contribution < -0.4 is 51.4 Å². The summed E-state index contributed by atoms with van der Waals surface area (Å²) in [7, 11) is 0. The molecule has 0 aromatic heterocycles. The van der Waals surface area contributed by atoms with Gasteiger partial charge in [-0.05, 0) is 24.7 Å². The Labute approximate surface area is 126 Å². The minimum Gasteiger partial charge on any atom is -1.00 e. The van der Waals surface area contributed by atoms with Crippen molar-refractivity contribution in [2.75, 3.05) is 6.61 Å². The Morgan fingerprint density at radius 3 is 2.15 bits per heavy atom. The Morgan fingerprint density at radius 1 is 1.23 bits per heavy atom. The Morgan fingerprint density at radius 2 is 1.77 bits per heavy atom. The molecular weight excluding hydrogens is 191 g/mol. The Balaban J connectivity index is -0.000000605. The molecule has 0 amide bonds. The van der Waals surface area contributed by atoms with Crippen LogP contribution in [0.3, 0.4) is 0 Å². The summed E-state index contributed by atoms with van der Waals surface area (Å²) in [5, 5.41) is 18.3. The van der Waals surface area contributed by atoms with E-state index in [1.807, 2.05) is 6.92 Å². The molecule has 0 rings (SSSR count). The minimum absolute atomic E-state index is 0. The molecule has 0 aromatic carbocycles. The molecule has 3 heteroatoms. The van der Waals surface area contributed by atoms with Crippen molar-refractivity contribution in [2.45, 2.75) is 46.1 Å². The second kappa shape index (κ2) is 10.1. The van der Waals surface area contributed by atoms with Gasteiger partial charge in [-0.2, -0.15) is 0 Å². The molecule has 0 bridgehead atoms. The van der Waals surface area contributed by atoms with Gasteiger partial charge < -0.3 is 11.6 Å². The van der Waals surface area contributed by atoms with Gasteiger partial charge in [-0.1, -0.05) is 27.2 Å². The number of rotatable bonds is 6. The molecule has 0 heterocycles. The van der Waals surface area contributed by atoms with E-state index in [1.165, 1.54) is 0 Å². The smallest absolute Gasteiger partial charge is 1.00 e. The molecule has 13 heavy (non-hydrogen) atoms. The third-order valence-electron chi connectivity index (χ3n) is 2.57. The van der Waals surface area contributed by atoms with E-state index < -0.39 is 0 Å². The van der Waals surface area contributed by atoms with Gasteiger partial charge in [0, 0.05) is 6.61 Å². The van der Waals surface area contributed by atoms with Crippen LogP contribution in [-0.4, -0.2) is 22.9 Å². The van der Waals surface area contributed by atoms with Crippen LogP contribution in [0.25, 0.3) is 0 Å². The van der Waals surface area contributed by atoms with Crippen molar-refractivity contribution < 1.29 is 63.0 Å². The van der Waals surface area contributed by atoms with E-state index in [0.717, 1.165) is 19.3 Å². The van der Waals surface area contributed by atoms with Crippen LogP contribution in [0, 0.1) is 11.8 Å². The van der Waals surface area contributed by atoms with Crippen molar-refractivity contribution >= 4 is 0 Å². The van der Waals surface area contributed by atoms with E-state index >= 15 is 0 Å². The largest absolute Gasteiger partial charge is 1.00 e. The van der Waals surface area contributed by atoms with Crippen LogP contribution in [0.1, 0.15) is 41.5 Å². The topological polar surface area (TPSA) is 40.5 Å². The predicted octanol–water partition coefficient (Wildman–Crippen LogP) is -1.08. The first-order chi connectivity index (χ1) is 5.61. The molecule has 0 aliphatic rings. The summed E-state index contributed by atoms with van der Waals surface area (Å²) in [5.74, 6) is 0.708. The summed E-state index contributed by atoms with van der Waals surface area (Å²) in [5.41, 5.74) is 0. The fourth-order valence-corrected chi connectivity index (χ4v) is 1.10. The fourth-order valence-electron chi connectivity index (χ4n) is 1.10. The maximum Gasteiger partial charge on any atom is 1.00 e. The fraction of sp³-hybridized carbons (Fsp3) is 1.00. The van der Waals surface area contributed by atoms with Crippen molar-refractivity contribution in [2.24, 2.45) is 11.8 Å². The average molecular weight is 214 g/mol. The second-order valence-corrected chi connectivity index (χ2v) is 3.82. The van der Waals surface area contributed by atoms with Crippen LogP contribution in [0.4, 0.5) is 0 Å². The molecule has 2 nitrogen and oxygen atoms in total. The van der Waals surface area contributed by atoms with Crippen molar-refractivity contribution in [1.29, 1.82) is 0 Å². The van der Waals surface area contributed by atoms with E-state index in [1.54, 1.807) is 0 Å². The normalized spacial score (nSPS) is 17.3. The van der Waals surface area contributed by atoms with Gasteiger partial charge in [0.1, 0.15) is 0 Å². The maximum atomic E-state index is 9.58. The molecule has 0 fully saturated rings. The standard InChI is InChI=1S/C10H22O2.K.H/c1-4-9(3)10(12)6-5-8(2)7-11;;/h8-12H,4-7H2,1-3H3;;/q;+1;-1. The molecule has 3 unspecified atom stereocenters. The molecule has 0 saturated carbocycles.